The fraction of sp³-hybridized carbons (Fsp3) is 0.778. The van der Waals surface area contributed by atoms with Gasteiger partial charge in [0.05, 0.1) is 0 Å². The molecule has 0 radical (unpaired) electrons. The largest absolute Gasteiger partial charge is 0.367 e. The molecule has 1 saturated carbocycles. The molecule has 1 aromatic rings. The number of rotatable bonds is 2. The molecule has 1 saturated heterocycles. The van der Waals surface area contributed by atoms with Crippen LogP contribution in [0.1, 0.15) is 43.0 Å². The molecule has 1 aliphatic heterocycles. The third kappa shape index (κ3) is 1.33. The van der Waals surface area contributed by atoms with Crippen LogP contribution in [0.4, 0.5) is 0 Å². The van der Waals surface area contributed by atoms with Gasteiger partial charge in [-0.1, -0.05) is 5.16 Å². The van der Waals surface area contributed by atoms with Crippen LogP contribution >= 0.6 is 0 Å². The van der Waals surface area contributed by atoms with Crippen molar-refractivity contribution in [3.05, 3.63) is 11.7 Å². The molecule has 1 aliphatic carbocycles. The molecule has 1 aromatic heterocycles. The Morgan fingerprint density at radius 2 is 2.14 bits per heavy atom. The van der Waals surface area contributed by atoms with Gasteiger partial charge in [0.1, 0.15) is 0 Å². The summed E-state index contributed by atoms with van der Waals surface area (Å²) in [5.41, 5.74) is 5.86. The van der Waals surface area contributed by atoms with Gasteiger partial charge in [-0.2, -0.15) is 4.98 Å². The lowest BCUT2D eigenvalue weighted by Crippen LogP contribution is -2.23. The topological polar surface area (TPSA) is 74.2 Å². The minimum absolute atomic E-state index is 0.00232. The molecule has 0 spiro atoms. The van der Waals surface area contributed by atoms with Gasteiger partial charge in [0.25, 0.3) is 5.89 Å². The lowest BCUT2D eigenvalue weighted by atomic mass is 10.1. The minimum atomic E-state index is -0.185. The van der Waals surface area contributed by atoms with Crippen LogP contribution in [-0.4, -0.2) is 22.8 Å². The van der Waals surface area contributed by atoms with E-state index >= 15 is 0 Å². The molecule has 2 atom stereocenters. The Kier molecular flexibility index (Phi) is 1.81. The third-order valence-corrected chi connectivity index (χ3v) is 2.78. The molecule has 0 aromatic carbocycles. The van der Waals surface area contributed by atoms with Gasteiger partial charge in [0.2, 0.25) is 0 Å². The standard InChI is InChI=1S/C9H13N3O2/c10-6-3-4-13-7(6)9-11-8(12-14-9)5-1-2-5/h5-7H,1-4,10H2. The molecule has 3 rings (SSSR count). The van der Waals surface area contributed by atoms with Crippen molar-refractivity contribution in [3.8, 4) is 0 Å². The van der Waals surface area contributed by atoms with Gasteiger partial charge in [-0.25, -0.2) is 0 Å². The summed E-state index contributed by atoms with van der Waals surface area (Å²) in [6.45, 7) is 0.687. The van der Waals surface area contributed by atoms with Crippen molar-refractivity contribution in [1.82, 2.24) is 10.1 Å². The second-order valence-electron chi connectivity index (χ2n) is 4.01. The summed E-state index contributed by atoms with van der Waals surface area (Å²) in [5, 5.41) is 3.94. The first-order valence-corrected chi connectivity index (χ1v) is 5.05. The molecule has 2 heterocycles. The van der Waals surface area contributed by atoms with Gasteiger partial charge in [-0.15, -0.1) is 0 Å². The van der Waals surface area contributed by atoms with Crippen molar-refractivity contribution < 1.29 is 9.26 Å². The van der Waals surface area contributed by atoms with E-state index in [1.807, 2.05) is 0 Å². The smallest absolute Gasteiger partial charge is 0.257 e. The van der Waals surface area contributed by atoms with E-state index in [9.17, 15) is 0 Å². The number of nitrogens with two attached hydrogens (primary N) is 1. The molecule has 2 unspecified atom stereocenters. The van der Waals surface area contributed by atoms with Gasteiger partial charge >= 0.3 is 0 Å². The first-order chi connectivity index (χ1) is 6.84. The first-order valence-electron chi connectivity index (χ1n) is 5.05. The highest BCUT2D eigenvalue weighted by Crippen LogP contribution is 2.39. The zero-order valence-electron chi connectivity index (χ0n) is 7.85. The first kappa shape index (κ1) is 8.38. The van der Waals surface area contributed by atoms with Crippen LogP contribution in [0.5, 0.6) is 0 Å². The number of hydrogen-bond donors (Lipinski definition) is 1. The normalized spacial score (nSPS) is 32.4. The quantitative estimate of drug-likeness (QED) is 0.753. The van der Waals surface area contributed by atoms with Crippen LogP contribution in [0.15, 0.2) is 4.52 Å². The van der Waals surface area contributed by atoms with Crippen LogP contribution in [0.2, 0.25) is 0 Å². The molecular weight excluding hydrogens is 182 g/mol. The summed E-state index contributed by atoms with van der Waals surface area (Å²) in [6.07, 6.45) is 3.04. The van der Waals surface area contributed by atoms with E-state index in [4.69, 9.17) is 15.0 Å². The van der Waals surface area contributed by atoms with Gasteiger partial charge < -0.3 is 15.0 Å². The van der Waals surface area contributed by atoms with Crippen LogP contribution in [-0.2, 0) is 4.74 Å². The Morgan fingerprint density at radius 1 is 1.29 bits per heavy atom. The number of hydrogen-bond acceptors (Lipinski definition) is 5. The number of aromatic nitrogens is 2. The summed E-state index contributed by atoms with van der Waals surface area (Å²) in [6, 6.07) is 0.00232. The average molecular weight is 195 g/mol. The third-order valence-electron chi connectivity index (χ3n) is 2.78. The number of ether oxygens (including phenoxy) is 1. The fourth-order valence-corrected chi connectivity index (χ4v) is 1.73. The van der Waals surface area contributed by atoms with Gasteiger partial charge in [0.15, 0.2) is 11.9 Å². The fourth-order valence-electron chi connectivity index (χ4n) is 1.73. The molecule has 2 fully saturated rings. The van der Waals surface area contributed by atoms with Crippen molar-refractivity contribution in [3.63, 3.8) is 0 Å². The molecule has 0 bridgehead atoms. The molecule has 0 amide bonds. The molecular formula is C9H13N3O2. The lowest BCUT2D eigenvalue weighted by Gasteiger charge is -2.07. The van der Waals surface area contributed by atoms with Crippen LogP contribution < -0.4 is 5.73 Å². The van der Waals surface area contributed by atoms with Gasteiger partial charge in [-0.3, -0.25) is 0 Å². The van der Waals surface area contributed by atoms with Crippen molar-refractivity contribution >= 4 is 0 Å². The Balaban J connectivity index is 1.81. The molecule has 2 N–H and O–H groups in total. The van der Waals surface area contributed by atoms with Crippen LogP contribution in [0.3, 0.4) is 0 Å². The minimum Gasteiger partial charge on any atom is -0.367 e. The molecule has 76 valence electrons. The SMILES string of the molecule is NC1CCOC1c1nc(C2CC2)no1. The maximum atomic E-state index is 5.86. The maximum absolute atomic E-state index is 5.86. The highest BCUT2D eigenvalue weighted by atomic mass is 16.5. The molecule has 2 aliphatic rings. The summed E-state index contributed by atoms with van der Waals surface area (Å²) in [4.78, 5) is 4.32. The Labute approximate surface area is 81.6 Å². The summed E-state index contributed by atoms with van der Waals surface area (Å²) >= 11 is 0. The zero-order chi connectivity index (χ0) is 9.54. The predicted molar refractivity (Wildman–Crippen MR) is 47.6 cm³/mol. The highest BCUT2D eigenvalue weighted by Gasteiger charge is 2.34. The Morgan fingerprint density at radius 3 is 2.79 bits per heavy atom. The Bertz CT molecular complexity index is 335. The van der Waals surface area contributed by atoms with Crippen LogP contribution in [0.25, 0.3) is 0 Å². The lowest BCUT2D eigenvalue weighted by molar-refractivity contribution is 0.0767. The van der Waals surface area contributed by atoms with Crippen molar-refractivity contribution in [1.29, 1.82) is 0 Å². The molecule has 14 heavy (non-hydrogen) atoms. The maximum Gasteiger partial charge on any atom is 0.257 e. The highest BCUT2D eigenvalue weighted by molar-refractivity contribution is 5.05. The molecule has 5 heteroatoms. The van der Waals surface area contributed by atoms with E-state index in [1.165, 1.54) is 12.8 Å². The second kappa shape index (κ2) is 3.03. The van der Waals surface area contributed by atoms with E-state index < -0.39 is 0 Å². The monoisotopic (exact) mass is 195 g/mol. The van der Waals surface area contributed by atoms with E-state index in [-0.39, 0.29) is 12.1 Å². The summed E-state index contributed by atoms with van der Waals surface area (Å²) in [7, 11) is 0. The van der Waals surface area contributed by atoms with E-state index in [1.54, 1.807) is 0 Å². The molecule has 5 nitrogen and oxygen atoms in total. The van der Waals surface area contributed by atoms with Crippen molar-refractivity contribution in [2.75, 3.05) is 6.61 Å². The average Bonchev–Trinajstić information content (AvgIpc) is 2.75. The van der Waals surface area contributed by atoms with Crippen molar-refractivity contribution in [2.45, 2.75) is 37.3 Å². The number of nitrogens with zero attached hydrogens (tertiary/aromatic N) is 2. The van der Waals surface area contributed by atoms with Crippen molar-refractivity contribution in [2.24, 2.45) is 5.73 Å². The van der Waals surface area contributed by atoms with E-state index in [0.717, 1.165) is 12.2 Å². The summed E-state index contributed by atoms with van der Waals surface area (Å²) < 4.78 is 10.6. The Hall–Kier alpha value is -0.940. The zero-order valence-corrected chi connectivity index (χ0v) is 7.85. The summed E-state index contributed by atoms with van der Waals surface area (Å²) in [5.74, 6) is 1.89. The van der Waals surface area contributed by atoms with E-state index in [2.05, 4.69) is 10.1 Å². The van der Waals surface area contributed by atoms with Crippen LogP contribution in [0, 0.1) is 0 Å². The van der Waals surface area contributed by atoms with Gasteiger partial charge in [-0.05, 0) is 19.3 Å². The predicted octanol–water partition coefficient (Wildman–Crippen LogP) is 0.736. The second-order valence-corrected chi connectivity index (χ2v) is 4.01. The van der Waals surface area contributed by atoms with Gasteiger partial charge in [0, 0.05) is 18.6 Å². The van der Waals surface area contributed by atoms with E-state index in [0.29, 0.717) is 18.4 Å².